The summed E-state index contributed by atoms with van der Waals surface area (Å²) in [6.07, 6.45) is 1.77. The fourth-order valence-electron chi connectivity index (χ4n) is 1.03. The third kappa shape index (κ3) is 1.07. The van der Waals surface area contributed by atoms with E-state index >= 15 is 0 Å². The lowest BCUT2D eigenvalue weighted by Crippen LogP contribution is -1.74. The number of aryl methyl sites for hydroxylation is 1. The fourth-order valence-corrected chi connectivity index (χ4v) is 1.93. The van der Waals surface area contributed by atoms with Crippen molar-refractivity contribution in [3.8, 4) is 10.6 Å². The van der Waals surface area contributed by atoms with Gasteiger partial charge in [0.15, 0.2) is 0 Å². The predicted molar refractivity (Wildman–Crippen MR) is 46.6 cm³/mol. The van der Waals surface area contributed by atoms with Crippen molar-refractivity contribution in [2.24, 2.45) is 0 Å². The van der Waals surface area contributed by atoms with Crippen LogP contribution in [0.25, 0.3) is 10.6 Å². The molecular formula is C8H8N2S. The molecule has 0 amide bonds. The number of nitrogens with one attached hydrogen (secondary N) is 1. The topological polar surface area (TPSA) is 28.7 Å². The van der Waals surface area contributed by atoms with E-state index in [-0.39, 0.29) is 0 Å². The average molecular weight is 164 g/mol. The lowest BCUT2D eigenvalue weighted by Gasteiger charge is -1.91. The smallest absolute Gasteiger partial charge is 0.0752 e. The zero-order chi connectivity index (χ0) is 7.68. The highest BCUT2D eigenvalue weighted by Gasteiger charge is 2.02. The summed E-state index contributed by atoms with van der Waals surface area (Å²) >= 11 is 1.74. The van der Waals surface area contributed by atoms with Crippen molar-refractivity contribution in [1.82, 2.24) is 10.2 Å². The van der Waals surface area contributed by atoms with Crippen molar-refractivity contribution in [2.75, 3.05) is 0 Å². The number of nitrogens with zero attached hydrogens (tertiary/aromatic N) is 1. The van der Waals surface area contributed by atoms with Gasteiger partial charge in [0.05, 0.1) is 10.6 Å². The van der Waals surface area contributed by atoms with E-state index in [4.69, 9.17) is 0 Å². The SMILES string of the molecule is Cc1ccsc1-c1ccn[nH]1. The monoisotopic (exact) mass is 164 g/mol. The molecular weight excluding hydrogens is 156 g/mol. The zero-order valence-electron chi connectivity index (χ0n) is 6.16. The summed E-state index contributed by atoms with van der Waals surface area (Å²) in [6.45, 7) is 2.10. The quantitative estimate of drug-likeness (QED) is 0.689. The summed E-state index contributed by atoms with van der Waals surface area (Å²) in [6, 6.07) is 4.10. The van der Waals surface area contributed by atoms with Gasteiger partial charge < -0.3 is 0 Å². The molecule has 2 heterocycles. The van der Waals surface area contributed by atoms with Crippen molar-refractivity contribution < 1.29 is 0 Å². The van der Waals surface area contributed by atoms with Crippen molar-refractivity contribution in [1.29, 1.82) is 0 Å². The van der Waals surface area contributed by atoms with Crippen LogP contribution in [0.4, 0.5) is 0 Å². The van der Waals surface area contributed by atoms with Crippen molar-refractivity contribution in [2.45, 2.75) is 6.92 Å². The van der Waals surface area contributed by atoms with Crippen molar-refractivity contribution in [3.05, 3.63) is 29.3 Å². The molecule has 11 heavy (non-hydrogen) atoms. The molecule has 0 aliphatic rings. The van der Waals surface area contributed by atoms with E-state index in [1.54, 1.807) is 17.5 Å². The van der Waals surface area contributed by atoms with Crippen molar-refractivity contribution >= 4 is 11.3 Å². The zero-order valence-corrected chi connectivity index (χ0v) is 6.98. The van der Waals surface area contributed by atoms with Gasteiger partial charge in [-0.1, -0.05) is 0 Å². The van der Waals surface area contributed by atoms with Gasteiger partial charge in [0, 0.05) is 6.20 Å². The fraction of sp³-hybridized carbons (Fsp3) is 0.125. The molecule has 0 aliphatic heterocycles. The molecule has 2 rings (SSSR count). The molecule has 0 spiro atoms. The lowest BCUT2D eigenvalue weighted by molar-refractivity contribution is 1.10. The average Bonchev–Trinajstić information content (AvgIpc) is 2.55. The van der Waals surface area contributed by atoms with Gasteiger partial charge >= 0.3 is 0 Å². The summed E-state index contributed by atoms with van der Waals surface area (Å²) in [4.78, 5) is 1.28. The minimum Gasteiger partial charge on any atom is -0.277 e. The molecule has 0 radical (unpaired) electrons. The standard InChI is InChI=1S/C8H8N2S/c1-6-3-5-11-8(6)7-2-4-9-10-7/h2-5H,1H3,(H,9,10). The summed E-state index contributed by atoms with van der Waals surface area (Å²) in [5.74, 6) is 0. The van der Waals surface area contributed by atoms with Crippen LogP contribution in [-0.2, 0) is 0 Å². The van der Waals surface area contributed by atoms with E-state index in [2.05, 4.69) is 28.6 Å². The normalized spacial score (nSPS) is 10.3. The number of hydrogen-bond acceptors (Lipinski definition) is 2. The van der Waals surface area contributed by atoms with Crippen molar-refractivity contribution in [3.63, 3.8) is 0 Å². The summed E-state index contributed by atoms with van der Waals surface area (Å²) in [5.41, 5.74) is 2.41. The molecule has 2 aromatic rings. The van der Waals surface area contributed by atoms with E-state index < -0.39 is 0 Å². The number of hydrogen-bond donors (Lipinski definition) is 1. The van der Waals surface area contributed by atoms with Crippen LogP contribution >= 0.6 is 11.3 Å². The van der Waals surface area contributed by atoms with Gasteiger partial charge in [0.1, 0.15) is 0 Å². The van der Waals surface area contributed by atoms with Crippen LogP contribution in [0.2, 0.25) is 0 Å². The van der Waals surface area contributed by atoms with Crippen LogP contribution in [0.1, 0.15) is 5.56 Å². The molecule has 2 aromatic heterocycles. The Labute approximate surface area is 68.9 Å². The van der Waals surface area contributed by atoms with Gasteiger partial charge in [-0.25, -0.2) is 0 Å². The van der Waals surface area contributed by atoms with Crippen LogP contribution in [-0.4, -0.2) is 10.2 Å². The Bertz CT molecular complexity index is 335. The van der Waals surface area contributed by atoms with Crippen LogP contribution in [0.3, 0.4) is 0 Å². The maximum absolute atomic E-state index is 3.90. The molecule has 56 valence electrons. The number of H-pyrrole nitrogens is 1. The minimum atomic E-state index is 1.11. The second kappa shape index (κ2) is 2.51. The lowest BCUT2D eigenvalue weighted by atomic mass is 10.2. The first-order chi connectivity index (χ1) is 5.38. The summed E-state index contributed by atoms with van der Waals surface area (Å²) < 4.78 is 0. The van der Waals surface area contributed by atoms with Gasteiger partial charge in [-0.3, -0.25) is 5.10 Å². The second-order valence-corrected chi connectivity index (χ2v) is 3.32. The predicted octanol–water partition coefficient (Wildman–Crippen LogP) is 2.45. The highest BCUT2D eigenvalue weighted by molar-refractivity contribution is 7.13. The molecule has 0 saturated heterocycles. The Morgan fingerprint density at radius 1 is 1.45 bits per heavy atom. The number of rotatable bonds is 1. The van der Waals surface area contributed by atoms with Crippen LogP contribution < -0.4 is 0 Å². The van der Waals surface area contributed by atoms with Crippen LogP contribution in [0.5, 0.6) is 0 Å². The molecule has 0 bridgehead atoms. The Morgan fingerprint density at radius 2 is 2.36 bits per heavy atom. The van der Waals surface area contributed by atoms with Gasteiger partial charge in [0.2, 0.25) is 0 Å². The molecule has 2 nitrogen and oxygen atoms in total. The maximum atomic E-state index is 3.90. The molecule has 0 atom stereocenters. The largest absolute Gasteiger partial charge is 0.277 e. The van der Waals surface area contributed by atoms with Gasteiger partial charge in [0.25, 0.3) is 0 Å². The molecule has 0 saturated carbocycles. The Kier molecular flexibility index (Phi) is 1.51. The first-order valence-corrected chi connectivity index (χ1v) is 4.30. The first-order valence-electron chi connectivity index (χ1n) is 3.42. The number of thiophene rings is 1. The molecule has 0 unspecified atom stereocenters. The molecule has 0 fully saturated rings. The number of aromatic amines is 1. The van der Waals surface area contributed by atoms with Gasteiger partial charge in [-0.2, -0.15) is 5.10 Å². The first kappa shape index (κ1) is 6.61. The Morgan fingerprint density at radius 3 is 2.91 bits per heavy atom. The molecule has 1 N–H and O–H groups in total. The third-order valence-electron chi connectivity index (χ3n) is 1.61. The molecule has 3 heteroatoms. The van der Waals surface area contributed by atoms with Crippen LogP contribution in [0, 0.1) is 6.92 Å². The summed E-state index contributed by atoms with van der Waals surface area (Å²) in [5, 5.41) is 8.93. The summed E-state index contributed by atoms with van der Waals surface area (Å²) in [7, 11) is 0. The van der Waals surface area contributed by atoms with Gasteiger partial charge in [-0.15, -0.1) is 11.3 Å². The molecule has 0 aliphatic carbocycles. The van der Waals surface area contributed by atoms with E-state index in [1.807, 2.05) is 6.07 Å². The number of aromatic nitrogens is 2. The van der Waals surface area contributed by atoms with Crippen LogP contribution in [0.15, 0.2) is 23.7 Å². The Balaban J connectivity index is 2.53. The maximum Gasteiger partial charge on any atom is 0.0752 e. The minimum absolute atomic E-state index is 1.11. The highest BCUT2D eigenvalue weighted by Crippen LogP contribution is 2.26. The third-order valence-corrected chi connectivity index (χ3v) is 2.66. The Hall–Kier alpha value is -1.09. The van der Waals surface area contributed by atoms with E-state index in [0.717, 1.165) is 5.69 Å². The van der Waals surface area contributed by atoms with E-state index in [1.165, 1.54) is 10.4 Å². The van der Waals surface area contributed by atoms with E-state index in [0.29, 0.717) is 0 Å². The van der Waals surface area contributed by atoms with Gasteiger partial charge in [-0.05, 0) is 30.0 Å². The van der Waals surface area contributed by atoms with E-state index in [9.17, 15) is 0 Å². The highest BCUT2D eigenvalue weighted by atomic mass is 32.1. The molecule has 0 aromatic carbocycles. The second-order valence-electron chi connectivity index (χ2n) is 2.40.